The standard InChI is InChI=1S/C14H12ClF2NO/c15-11-5-8(1-3-12(11)17)6-14(19)10-7-9(16)2-4-13(10)18/h1-5,7,14,19H,6,18H2. The van der Waals surface area contributed by atoms with E-state index in [9.17, 15) is 13.9 Å². The Kier molecular flexibility index (Phi) is 4.02. The number of aliphatic hydroxyl groups is 1. The second kappa shape index (κ2) is 5.55. The largest absolute Gasteiger partial charge is 0.398 e. The highest BCUT2D eigenvalue weighted by Gasteiger charge is 2.13. The number of halogens is 3. The van der Waals surface area contributed by atoms with Crippen molar-refractivity contribution in [2.75, 3.05) is 5.73 Å². The predicted octanol–water partition coefficient (Wildman–Crippen LogP) is 3.48. The van der Waals surface area contributed by atoms with Crippen molar-refractivity contribution in [2.45, 2.75) is 12.5 Å². The average molecular weight is 284 g/mol. The monoisotopic (exact) mass is 283 g/mol. The van der Waals surface area contributed by atoms with Gasteiger partial charge in [0.15, 0.2) is 0 Å². The molecule has 0 aliphatic carbocycles. The van der Waals surface area contributed by atoms with Crippen LogP contribution in [0.5, 0.6) is 0 Å². The number of hydrogen-bond acceptors (Lipinski definition) is 2. The third kappa shape index (κ3) is 3.22. The Balaban J connectivity index is 2.22. The van der Waals surface area contributed by atoms with Gasteiger partial charge in [-0.15, -0.1) is 0 Å². The van der Waals surface area contributed by atoms with Gasteiger partial charge in [-0.1, -0.05) is 17.7 Å². The molecule has 3 N–H and O–H groups in total. The molecule has 5 heteroatoms. The minimum absolute atomic E-state index is 0.0167. The Morgan fingerprint density at radius 1 is 1.16 bits per heavy atom. The first kappa shape index (κ1) is 13.8. The predicted molar refractivity (Wildman–Crippen MR) is 70.9 cm³/mol. The molecular weight excluding hydrogens is 272 g/mol. The van der Waals surface area contributed by atoms with Crippen LogP contribution in [0.15, 0.2) is 36.4 Å². The van der Waals surface area contributed by atoms with Gasteiger partial charge in [0.2, 0.25) is 0 Å². The van der Waals surface area contributed by atoms with E-state index in [0.717, 1.165) is 0 Å². The van der Waals surface area contributed by atoms with Gasteiger partial charge in [0.25, 0.3) is 0 Å². The molecule has 0 saturated heterocycles. The summed E-state index contributed by atoms with van der Waals surface area (Å²) in [5, 5.41) is 10.0. The van der Waals surface area contributed by atoms with Crippen molar-refractivity contribution in [1.29, 1.82) is 0 Å². The smallest absolute Gasteiger partial charge is 0.141 e. The van der Waals surface area contributed by atoms with Crippen molar-refractivity contribution in [1.82, 2.24) is 0 Å². The average Bonchev–Trinajstić information content (AvgIpc) is 2.36. The van der Waals surface area contributed by atoms with Crippen molar-refractivity contribution in [3.8, 4) is 0 Å². The molecule has 100 valence electrons. The SMILES string of the molecule is Nc1ccc(F)cc1C(O)Cc1ccc(F)c(Cl)c1. The molecular formula is C14H12ClF2NO. The fraction of sp³-hybridized carbons (Fsp3) is 0.143. The van der Waals surface area contributed by atoms with E-state index in [-0.39, 0.29) is 11.4 Å². The van der Waals surface area contributed by atoms with Gasteiger partial charge in [0, 0.05) is 17.7 Å². The van der Waals surface area contributed by atoms with Gasteiger partial charge in [0.05, 0.1) is 11.1 Å². The molecule has 0 fully saturated rings. The van der Waals surface area contributed by atoms with Gasteiger partial charge in [-0.05, 0) is 35.9 Å². The molecule has 0 amide bonds. The summed E-state index contributed by atoms with van der Waals surface area (Å²) in [5.41, 5.74) is 6.94. The van der Waals surface area contributed by atoms with E-state index in [1.165, 1.54) is 36.4 Å². The second-order valence-electron chi connectivity index (χ2n) is 4.24. The molecule has 0 aliphatic rings. The highest BCUT2D eigenvalue weighted by Crippen LogP contribution is 2.26. The molecule has 0 bridgehead atoms. The summed E-state index contributed by atoms with van der Waals surface area (Å²) in [7, 11) is 0. The minimum atomic E-state index is -0.975. The molecule has 0 radical (unpaired) electrons. The normalized spacial score (nSPS) is 12.4. The van der Waals surface area contributed by atoms with Gasteiger partial charge >= 0.3 is 0 Å². The molecule has 0 aliphatic heterocycles. The lowest BCUT2D eigenvalue weighted by Crippen LogP contribution is -2.06. The maximum absolute atomic E-state index is 13.1. The van der Waals surface area contributed by atoms with E-state index >= 15 is 0 Å². The number of aliphatic hydroxyl groups excluding tert-OH is 1. The van der Waals surface area contributed by atoms with Crippen LogP contribution in [-0.4, -0.2) is 5.11 Å². The molecule has 19 heavy (non-hydrogen) atoms. The molecule has 0 spiro atoms. The summed E-state index contributed by atoms with van der Waals surface area (Å²) in [6.45, 7) is 0. The van der Waals surface area contributed by atoms with Crippen LogP contribution in [0.2, 0.25) is 5.02 Å². The number of nitrogen functional groups attached to an aromatic ring is 1. The minimum Gasteiger partial charge on any atom is -0.398 e. The van der Waals surface area contributed by atoms with Crippen LogP contribution >= 0.6 is 11.6 Å². The van der Waals surface area contributed by atoms with Gasteiger partial charge in [-0.3, -0.25) is 0 Å². The zero-order valence-corrected chi connectivity index (χ0v) is 10.7. The summed E-state index contributed by atoms with van der Waals surface area (Å²) in [6.07, 6.45) is -0.801. The zero-order chi connectivity index (χ0) is 14.0. The summed E-state index contributed by atoms with van der Waals surface area (Å²) < 4.78 is 26.1. The molecule has 0 saturated carbocycles. The topological polar surface area (TPSA) is 46.2 Å². The fourth-order valence-corrected chi connectivity index (χ4v) is 2.04. The van der Waals surface area contributed by atoms with Gasteiger partial charge in [0.1, 0.15) is 11.6 Å². The highest BCUT2D eigenvalue weighted by atomic mass is 35.5. The molecule has 2 rings (SSSR count). The molecule has 2 aromatic rings. The maximum atomic E-state index is 13.1. The zero-order valence-electron chi connectivity index (χ0n) is 9.91. The van der Waals surface area contributed by atoms with Crippen LogP contribution in [0.3, 0.4) is 0 Å². The summed E-state index contributed by atoms with van der Waals surface area (Å²) >= 11 is 5.66. The van der Waals surface area contributed by atoms with Gasteiger partial charge < -0.3 is 10.8 Å². The maximum Gasteiger partial charge on any atom is 0.141 e. The highest BCUT2D eigenvalue weighted by molar-refractivity contribution is 6.30. The van der Waals surface area contributed by atoms with Crippen molar-refractivity contribution < 1.29 is 13.9 Å². The molecule has 1 unspecified atom stereocenters. The third-order valence-electron chi connectivity index (χ3n) is 2.82. The number of rotatable bonds is 3. The van der Waals surface area contributed by atoms with E-state index < -0.39 is 17.7 Å². The first-order valence-corrected chi connectivity index (χ1v) is 6.02. The Morgan fingerprint density at radius 3 is 2.58 bits per heavy atom. The molecule has 2 aromatic carbocycles. The van der Waals surface area contributed by atoms with Crippen LogP contribution < -0.4 is 5.73 Å². The van der Waals surface area contributed by atoms with Gasteiger partial charge in [-0.2, -0.15) is 0 Å². The van der Waals surface area contributed by atoms with Crippen molar-refractivity contribution in [2.24, 2.45) is 0 Å². The van der Waals surface area contributed by atoms with Crippen LogP contribution in [0.1, 0.15) is 17.2 Å². The lowest BCUT2D eigenvalue weighted by molar-refractivity contribution is 0.179. The summed E-state index contributed by atoms with van der Waals surface area (Å²) in [4.78, 5) is 0. The first-order chi connectivity index (χ1) is 8.97. The second-order valence-corrected chi connectivity index (χ2v) is 4.65. The fourth-order valence-electron chi connectivity index (χ4n) is 1.83. The van der Waals surface area contributed by atoms with E-state index in [1.54, 1.807) is 0 Å². The molecule has 0 heterocycles. The number of anilines is 1. The lowest BCUT2D eigenvalue weighted by atomic mass is 10.00. The Bertz CT molecular complexity index is 604. The van der Waals surface area contributed by atoms with Crippen molar-refractivity contribution >= 4 is 17.3 Å². The Morgan fingerprint density at radius 2 is 1.89 bits per heavy atom. The molecule has 0 aromatic heterocycles. The van der Waals surface area contributed by atoms with Crippen LogP contribution in [-0.2, 0) is 6.42 Å². The van der Waals surface area contributed by atoms with Crippen LogP contribution in [0.4, 0.5) is 14.5 Å². The van der Waals surface area contributed by atoms with Crippen molar-refractivity contribution in [3.05, 3.63) is 64.2 Å². The third-order valence-corrected chi connectivity index (χ3v) is 3.11. The van der Waals surface area contributed by atoms with E-state index in [0.29, 0.717) is 16.8 Å². The van der Waals surface area contributed by atoms with E-state index in [2.05, 4.69) is 0 Å². The van der Waals surface area contributed by atoms with Crippen LogP contribution in [0, 0.1) is 11.6 Å². The quantitative estimate of drug-likeness (QED) is 0.847. The van der Waals surface area contributed by atoms with Crippen molar-refractivity contribution in [3.63, 3.8) is 0 Å². The number of nitrogens with two attached hydrogens (primary N) is 1. The Labute approximate surface area is 114 Å². The Hall–Kier alpha value is -1.65. The number of benzene rings is 2. The molecule has 1 atom stereocenters. The summed E-state index contributed by atoms with van der Waals surface area (Å²) in [6, 6.07) is 7.96. The van der Waals surface area contributed by atoms with Crippen LogP contribution in [0.25, 0.3) is 0 Å². The number of hydrogen-bond donors (Lipinski definition) is 2. The first-order valence-electron chi connectivity index (χ1n) is 5.64. The lowest BCUT2D eigenvalue weighted by Gasteiger charge is -2.14. The summed E-state index contributed by atoms with van der Waals surface area (Å²) in [5.74, 6) is -0.995. The van der Waals surface area contributed by atoms with E-state index in [4.69, 9.17) is 17.3 Å². The molecule has 2 nitrogen and oxygen atoms in total. The van der Waals surface area contributed by atoms with E-state index in [1.807, 2.05) is 0 Å². The van der Waals surface area contributed by atoms with Gasteiger partial charge in [-0.25, -0.2) is 8.78 Å².